The predicted octanol–water partition coefficient (Wildman–Crippen LogP) is 4.13. The molecule has 1 fully saturated rings. The van der Waals surface area contributed by atoms with Crippen LogP contribution in [0.1, 0.15) is 21.5 Å². The Morgan fingerprint density at radius 3 is 2.50 bits per heavy atom. The van der Waals surface area contributed by atoms with E-state index in [1.807, 2.05) is 60.0 Å². The first-order valence-corrected chi connectivity index (χ1v) is 10.5. The molecule has 0 aliphatic carbocycles. The fourth-order valence-corrected chi connectivity index (χ4v) is 4.09. The molecule has 3 rings (SSSR count). The normalized spacial score (nSPS) is 14.2. The Kier molecular flexibility index (Phi) is 6.38. The van der Waals surface area contributed by atoms with Crippen molar-refractivity contribution < 1.29 is 9.59 Å². The number of rotatable bonds is 4. The molecule has 0 spiro atoms. The molecule has 26 heavy (non-hydrogen) atoms. The van der Waals surface area contributed by atoms with Crippen molar-refractivity contribution in [2.24, 2.45) is 0 Å². The van der Waals surface area contributed by atoms with E-state index in [0.717, 1.165) is 40.2 Å². The van der Waals surface area contributed by atoms with E-state index in [0.29, 0.717) is 11.3 Å². The van der Waals surface area contributed by atoms with E-state index < -0.39 is 0 Å². The summed E-state index contributed by atoms with van der Waals surface area (Å²) in [5, 5.41) is 2.96. The van der Waals surface area contributed by atoms with Crippen LogP contribution >= 0.6 is 27.7 Å². The second-order valence-electron chi connectivity index (χ2n) is 6.25. The van der Waals surface area contributed by atoms with Crippen molar-refractivity contribution in [3.05, 3.63) is 63.6 Å². The highest BCUT2D eigenvalue weighted by molar-refractivity contribution is 9.10. The lowest BCUT2D eigenvalue weighted by atomic mass is 10.1. The van der Waals surface area contributed by atoms with Crippen molar-refractivity contribution in [1.29, 1.82) is 0 Å². The molecule has 0 saturated carbocycles. The van der Waals surface area contributed by atoms with Crippen LogP contribution in [0.2, 0.25) is 0 Å². The lowest BCUT2D eigenvalue weighted by molar-refractivity contribution is -0.115. The number of hydrogen-bond acceptors (Lipinski definition) is 3. The van der Waals surface area contributed by atoms with Crippen molar-refractivity contribution in [3.8, 4) is 0 Å². The number of nitrogens with zero attached hydrogens (tertiary/aromatic N) is 1. The lowest BCUT2D eigenvalue weighted by Gasteiger charge is -2.27. The number of carbonyl (C=O) groups is 2. The Morgan fingerprint density at radius 1 is 1.12 bits per heavy atom. The maximum Gasteiger partial charge on any atom is 0.256 e. The molecule has 136 valence electrons. The first-order chi connectivity index (χ1) is 12.5. The molecule has 1 heterocycles. The summed E-state index contributed by atoms with van der Waals surface area (Å²) in [6, 6.07) is 13.2. The number of nitrogens with one attached hydrogen (secondary N) is 1. The highest BCUT2D eigenvalue weighted by Gasteiger charge is 2.22. The van der Waals surface area contributed by atoms with Gasteiger partial charge in [-0.15, -0.1) is 0 Å². The Morgan fingerprint density at radius 2 is 1.81 bits per heavy atom. The zero-order valence-electron chi connectivity index (χ0n) is 14.6. The molecule has 0 atom stereocenters. The van der Waals surface area contributed by atoms with Crippen molar-refractivity contribution >= 4 is 45.2 Å². The second kappa shape index (κ2) is 8.73. The summed E-state index contributed by atoms with van der Waals surface area (Å²) in [5.74, 6) is 1.80. The molecule has 1 aliphatic rings. The topological polar surface area (TPSA) is 49.4 Å². The van der Waals surface area contributed by atoms with E-state index in [2.05, 4.69) is 21.2 Å². The number of hydrogen-bond donors (Lipinski definition) is 1. The minimum Gasteiger partial charge on any atom is -0.337 e. The molecule has 2 aromatic rings. The molecule has 2 amide bonds. The molecule has 4 nitrogen and oxygen atoms in total. The smallest absolute Gasteiger partial charge is 0.256 e. The molecule has 1 saturated heterocycles. The van der Waals surface area contributed by atoms with E-state index >= 15 is 0 Å². The van der Waals surface area contributed by atoms with E-state index in [1.54, 1.807) is 6.07 Å². The molecule has 1 aliphatic heterocycles. The number of halogens is 1. The van der Waals surface area contributed by atoms with Gasteiger partial charge in [-0.25, -0.2) is 0 Å². The average molecular weight is 433 g/mol. The monoisotopic (exact) mass is 432 g/mol. The third-order valence-corrected chi connectivity index (χ3v) is 5.82. The number of anilines is 1. The maximum atomic E-state index is 12.9. The largest absolute Gasteiger partial charge is 0.337 e. The zero-order chi connectivity index (χ0) is 18.5. The summed E-state index contributed by atoms with van der Waals surface area (Å²) in [6.07, 6.45) is 0.273. The number of para-hydroxylation sites is 1. The maximum absolute atomic E-state index is 12.9. The Labute approximate surface area is 166 Å². The van der Waals surface area contributed by atoms with Crippen LogP contribution < -0.4 is 5.32 Å². The summed E-state index contributed by atoms with van der Waals surface area (Å²) >= 11 is 5.26. The van der Waals surface area contributed by atoms with E-state index in [1.165, 1.54) is 0 Å². The van der Waals surface area contributed by atoms with Gasteiger partial charge in [0.1, 0.15) is 0 Å². The van der Waals surface area contributed by atoms with Crippen LogP contribution in [-0.2, 0) is 11.2 Å². The van der Waals surface area contributed by atoms with Crippen LogP contribution in [0.5, 0.6) is 0 Å². The fraction of sp³-hybridized carbons (Fsp3) is 0.300. The minimum absolute atomic E-state index is 0.00654. The molecule has 1 N–H and O–H groups in total. The first kappa shape index (κ1) is 19.0. The summed E-state index contributed by atoms with van der Waals surface area (Å²) in [7, 11) is 0. The average Bonchev–Trinajstić information content (AvgIpc) is 2.65. The minimum atomic E-state index is -0.120. The lowest BCUT2D eigenvalue weighted by Crippen LogP contribution is -2.38. The van der Waals surface area contributed by atoms with Crippen molar-refractivity contribution in [2.45, 2.75) is 13.3 Å². The molecule has 2 aromatic carbocycles. The van der Waals surface area contributed by atoms with Crippen LogP contribution in [0.3, 0.4) is 0 Å². The van der Waals surface area contributed by atoms with Crippen LogP contribution in [0.25, 0.3) is 0 Å². The fourth-order valence-electron chi connectivity index (χ4n) is 2.92. The van der Waals surface area contributed by atoms with Gasteiger partial charge < -0.3 is 10.2 Å². The number of amides is 2. The third kappa shape index (κ3) is 4.68. The molecule has 6 heteroatoms. The summed E-state index contributed by atoms with van der Waals surface area (Å²) < 4.78 is 0.980. The molecular weight excluding hydrogens is 412 g/mol. The van der Waals surface area contributed by atoms with Gasteiger partial charge in [0.2, 0.25) is 5.91 Å². The van der Waals surface area contributed by atoms with Gasteiger partial charge in [0.05, 0.1) is 17.7 Å². The molecule has 0 radical (unpaired) electrons. The van der Waals surface area contributed by atoms with Gasteiger partial charge in [-0.1, -0.05) is 40.2 Å². The molecule has 0 aromatic heterocycles. The van der Waals surface area contributed by atoms with Gasteiger partial charge in [0, 0.05) is 29.1 Å². The van der Waals surface area contributed by atoms with Crippen LogP contribution in [0.15, 0.2) is 46.9 Å². The second-order valence-corrected chi connectivity index (χ2v) is 8.39. The molecular formula is C20H21BrN2O2S. The van der Waals surface area contributed by atoms with Gasteiger partial charge >= 0.3 is 0 Å². The van der Waals surface area contributed by atoms with Crippen molar-refractivity contribution in [1.82, 2.24) is 4.90 Å². The van der Waals surface area contributed by atoms with Gasteiger partial charge in [0.15, 0.2) is 0 Å². The van der Waals surface area contributed by atoms with Gasteiger partial charge in [-0.05, 0) is 36.2 Å². The summed E-state index contributed by atoms with van der Waals surface area (Å²) in [4.78, 5) is 27.3. The predicted molar refractivity (Wildman–Crippen MR) is 111 cm³/mol. The van der Waals surface area contributed by atoms with Gasteiger partial charge in [-0.3, -0.25) is 9.59 Å². The Hall–Kier alpha value is -1.79. The zero-order valence-corrected chi connectivity index (χ0v) is 17.0. The van der Waals surface area contributed by atoms with E-state index in [9.17, 15) is 9.59 Å². The van der Waals surface area contributed by atoms with Crippen LogP contribution in [-0.4, -0.2) is 41.3 Å². The molecule has 0 bridgehead atoms. The summed E-state index contributed by atoms with van der Waals surface area (Å²) in [5.41, 5.74) is 3.02. The van der Waals surface area contributed by atoms with Crippen LogP contribution in [0, 0.1) is 6.92 Å². The molecule has 0 unspecified atom stereocenters. The van der Waals surface area contributed by atoms with Crippen LogP contribution in [0.4, 0.5) is 5.69 Å². The number of thioether (sulfide) groups is 1. The first-order valence-electron chi connectivity index (χ1n) is 8.55. The third-order valence-electron chi connectivity index (χ3n) is 4.34. The SMILES string of the molecule is Cc1cccc(C(=O)N2CCSCC2)c1NC(=O)Cc1ccc(Br)cc1. The highest BCUT2D eigenvalue weighted by atomic mass is 79.9. The van der Waals surface area contributed by atoms with Gasteiger partial charge in [0.25, 0.3) is 5.91 Å². The highest BCUT2D eigenvalue weighted by Crippen LogP contribution is 2.24. The quantitative estimate of drug-likeness (QED) is 0.789. The number of benzene rings is 2. The van der Waals surface area contributed by atoms with Crippen molar-refractivity contribution in [3.63, 3.8) is 0 Å². The number of aryl methyl sites for hydroxylation is 1. The Bertz CT molecular complexity index is 802. The van der Waals surface area contributed by atoms with Gasteiger partial charge in [-0.2, -0.15) is 11.8 Å². The Balaban J connectivity index is 1.77. The van der Waals surface area contributed by atoms with E-state index in [4.69, 9.17) is 0 Å². The summed E-state index contributed by atoms with van der Waals surface area (Å²) in [6.45, 7) is 3.42. The van der Waals surface area contributed by atoms with Crippen molar-refractivity contribution in [2.75, 3.05) is 29.9 Å². The standard InChI is InChI=1S/C20H21BrN2O2S/c1-14-3-2-4-17(20(25)23-9-11-26-12-10-23)19(14)22-18(24)13-15-5-7-16(21)8-6-15/h2-8H,9-13H2,1H3,(H,22,24). The number of carbonyl (C=O) groups excluding carboxylic acids is 2. The van der Waals surface area contributed by atoms with E-state index in [-0.39, 0.29) is 18.2 Å².